The van der Waals surface area contributed by atoms with E-state index in [0.717, 1.165) is 0 Å². The highest BCUT2D eigenvalue weighted by Gasteiger charge is 2.53. The fourth-order valence-electron chi connectivity index (χ4n) is 8.41. The first-order valence-electron chi connectivity index (χ1n) is 19.3. The van der Waals surface area contributed by atoms with E-state index in [0.29, 0.717) is 6.42 Å². The van der Waals surface area contributed by atoms with Crippen LogP contribution in [-0.2, 0) is 42.6 Å². The highest BCUT2D eigenvalue weighted by atomic mass is 31.2. The highest BCUT2D eigenvalue weighted by molar-refractivity contribution is 7.45. The minimum atomic E-state index is -4.64. The second kappa shape index (κ2) is 19.9. The van der Waals surface area contributed by atoms with Gasteiger partial charge in [0.2, 0.25) is 0 Å². The molecule has 0 saturated carbocycles. The molecule has 3 saturated heterocycles. The Balaban J connectivity index is 0.00000203. The molecule has 19 heteroatoms. The summed E-state index contributed by atoms with van der Waals surface area (Å²) in [7, 11) is 0.537. The number of carbonyl (C=O) groups excluding carboxylic acids is 2. The lowest BCUT2D eigenvalue weighted by molar-refractivity contribution is -0.318. The molecule has 18 nitrogen and oxygen atoms in total. The van der Waals surface area contributed by atoms with Gasteiger partial charge in [0.25, 0.3) is 0 Å². The summed E-state index contributed by atoms with van der Waals surface area (Å²) >= 11 is 0. The Bertz CT molecular complexity index is 1320. The van der Waals surface area contributed by atoms with Gasteiger partial charge in [-0.05, 0) is 74.9 Å². The average Bonchev–Trinajstić information content (AvgIpc) is 3.08. The smallest absolute Gasteiger partial charge is 0.459 e. The van der Waals surface area contributed by atoms with Crippen LogP contribution in [0.15, 0.2) is 0 Å². The third-order valence-corrected chi connectivity index (χ3v) is 11.8. The van der Waals surface area contributed by atoms with Crippen LogP contribution in [0, 0.1) is 23.7 Å². The van der Waals surface area contributed by atoms with Crippen molar-refractivity contribution < 1.29 is 82.8 Å². The Kier molecular flexibility index (Phi) is 18.1. The van der Waals surface area contributed by atoms with Crippen molar-refractivity contribution in [2.75, 3.05) is 21.2 Å². The molecule has 3 heterocycles. The van der Waals surface area contributed by atoms with Gasteiger partial charge in [-0.15, -0.1) is 0 Å². The standard InChI is InChI=1S/C37H67NO13.H3O4P/c1-14-25-37(10,45)30(41)20(4)27(39)18(2)16-35(8,44)32(51-34-28(40)24(38(11)12)15-19(3)47-34)21(5)29(22(6)33(43)49-25)50-26-17-36(9,46-13)31(42)23(7)48-26;1-5(2,3)4/h18-26,28-32,34,40-42,44-45H,14-17H2,1-13H3;(H3,1,2,3,4)/t18-,19-,20+,21-,22-,23+,24+,25-,26+,28-,29+,30+,31+,32-,34+,35-,36-,37-;/m1./s1. The van der Waals surface area contributed by atoms with E-state index in [4.69, 9.17) is 47.7 Å². The number of rotatable bonds is 7. The van der Waals surface area contributed by atoms with E-state index >= 15 is 0 Å². The van der Waals surface area contributed by atoms with Gasteiger partial charge in [0.05, 0.1) is 47.6 Å². The van der Waals surface area contributed by atoms with Gasteiger partial charge in [-0.25, -0.2) is 4.57 Å². The topological polar surface area (TPSA) is 272 Å². The summed E-state index contributed by atoms with van der Waals surface area (Å²) < 4.78 is 45.9. The number of aliphatic hydroxyl groups is 5. The predicted molar refractivity (Wildman–Crippen MR) is 201 cm³/mol. The van der Waals surface area contributed by atoms with Crippen LogP contribution in [0.2, 0.25) is 0 Å². The van der Waals surface area contributed by atoms with Crippen molar-refractivity contribution in [2.45, 2.75) is 179 Å². The molecule has 0 aromatic carbocycles. The number of likely N-dealkylation sites (N-methyl/N-ethyl adjacent to an activating group) is 1. The first-order chi connectivity index (χ1) is 25.4. The molecule has 3 aliphatic rings. The Morgan fingerprint density at radius 1 is 0.875 bits per heavy atom. The molecule has 0 aliphatic carbocycles. The van der Waals surface area contributed by atoms with Crippen LogP contribution in [0.25, 0.3) is 0 Å². The van der Waals surface area contributed by atoms with Gasteiger partial charge in [-0.2, -0.15) is 0 Å². The summed E-state index contributed by atoms with van der Waals surface area (Å²) in [5.41, 5.74) is -4.84. The number of esters is 1. The number of phosphoric acid groups is 1. The molecule has 18 atom stereocenters. The van der Waals surface area contributed by atoms with Crippen molar-refractivity contribution in [1.29, 1.82) is 0 Å². The lowest BCUT2D eigenvalue weighted by Gasteiger charge is -2.49. The van der Waals surface area contributed by atoms with Crippen LogP contribution in [0.1, 0.15) is 94.9 Å². The number of ether oxygens (including phenoxy) is 6. The van der Waals surface area contributed by atoms with E-state index in [1.54, 1.807) is 41.5 Å². The second-order valence-corrected chi connectivity index (χ2v) is 18.0. The van der Waals surface area contributed by atoms with Gasteiger partial charge in [0.15, 0.2) is 12.6 Å². The Hall–Kier alpha value is -1.19. The van der Waals surface area contributed by atoms with E-state index in [2.05, 4.69) is 0 Å². The molecule has 3 rings (SSSR count). The average molecular weight is 832 g/mol. The molecule has 330 valence electrons. The van der Waals surface area contributed by atoms with Crippen molar-refractivity contribution in [1.82, 2.24) is 4.90 Å². The van der Waals surface area contributed by atoms with E-state index in [1.807, 2.05) is 25.9 Å². The second-order valence-electron chi connectivity index (χ2n) is 17.0. The van der Waals surface area contributed by atoms with Gasteiger partial charge >= 0.3 is 13.8 Å². The summed E-state index contributed by atoms with van der Waals surface area (Å²) in [6.07, 6.45) is -9.71. The Labute approximate surface area is 331 Å². The van der Waals surface area contributed by atoms with Crippen LogP contribution >= 0.6 is 7.82 Å². The van der Waals surface area contributed by atoms with Crippen LogP contribution in [-0.4, -0.2) is 162 Å². The number of cyclic esters (lactones) is 1. The third kappa shape index (κ3) is 12.7. The number of hydrogen-bond acceptors (Lipinski definition) is 15. The lowest BCUT2D eigenvalue weighted by Crippen LogP contribution is -2.61. The van der Waals surface area contributed by atoms with Crippen molar-refractivity contribution in [3.8, 4) is 0 Å². The number of carbonyl (C=O) groups is 2. The molecular weight excluding hydrogens is 761 g/mol. The van der Waals surface area contributed by atoms with Crippen LogP contribution in [0.4, 0.5) is 0 Å². The molecule has 8 N–H and O–H groups in total. The fourth-order valence-corrected chi connectivity index (χ4v) is 8.41. The van der Waals surface area contributed by atoms with E-state index in [1.165, 1.54) is 27.9 Å². The molecule has 3 aliphatic heterocycles. The van der Waals surface area contributed by atoms with Crippen LogP contribution in [0.3, 0.4) is 0 Å². The Morgan fingerprint density at radius 2 is 1.43 bits per heavy atom. The zero-order valence-corrected chi connectivity index (χ0v) is 36.0. The Morgan fingerprint density at radius 3 is 1.93 bits per heavy atom. The fraction of sp³-hybridized carbons (Fsp3) is 0.946. The minimum Gasteiger partial charge on any atom is -0.459 e. The summed E-state index contributed by atoms with van der Waals surface area (Å²) in [5, 5.41) is 57.6. The SMILES string of the molecule is CC[C@H]1OC(=O)[C@H](C)[C@@H](O[C@H]2C[C@@](C)(OC)[C@@H](O)[C@H](C)O2)[C@@H](C)[C@@H](O[C@@H]2O[C@H](C)C[C@H](N(C)C)[C@H]2O)[C@](C)(O)C[C@@H](C)C(=O)[C@H](C)[C@H](O)[C@]1(C)O.O=P(O)(O)O. The van der Waals surface area contributed by atoms with Gasteiger partial charge in [0.1, 0.15) is 29.7 Å². The maximum atomic E-state index is 14.1. The molecule has 0 spiro atoms. The number of Topliss-reactive ketones (excluding diaryl/α,β-unsaturated/α-hetero) is 1. The monoisotopic (exact) mass is 831 g/mol. The summed E-state index contributed by atoms with van der Waals surface area (Å²) in [4.78, 5) is 51.3. The molecule has 0 unspecified atom stereocenters. The largest absolute Gasteiger partial charge is 0.466 e. The predicted octanol–water partition coefficient (Wildman–Crippen LogP) is 0.857. The minimum absolute atomic E-state index is 0.0936. The molecule has 56 heavy (non-hydrogen) atoms. The zero-order chi connectivity index (χ0) is 43.5. The molecule has 0 aromatic heterocycles. The van der Waals surface area contributed by atoms with Gasteiger partial charge in [-0.3, -0.25) is 9.59 Å². The quantitative estimate of drug-likeness (QED) is 0.131. The third-order valence-electron chi connectivity index (χ3n) is 11.8. The highest BCUT2D eigenvalue weighted by Crippen LogP contribution is 2.41. The van der Waals surface area contributed by atoms with Crippen molar-refractivity contribution in [3.63, 3.8) is 0 Å². The summed E-state index contributed by atoms with van der Waals surface area (Å²) in [6.45, 7) is 16.3. The van der Waals surface area contributed by atoms with Gasteiger partial charge in [0, 0.05) is 37.3 Å². The summed E-state index contributed by atoms with van der Waals surface area (Å²) in [6, 6.07) is -0.324. The first kappa shape index (κ1) is 51.0. The van der Waals surface area contributed by atoms with E-state index < -0.39 is 115 Å². The van der Waals surface area contributed by atoms with E-state index in [-0.39, 0.29) is 31.4 Å². The maximum absolute atomic E-state index is 14.1. The van der Waals surface area contributed by atoms with Crippen molar-refractivity contribution in [2.24, 2.45) is 23.7 Å². The van der Waals surface area contributed by atoms with Gasteiger partial charge < -0.3 is 73.5 Å². The molecule has 0 radical (unpaired) electrons. The van der Waals surface area contributed by atoms with Crippen molar-refractivity contribution >= 4 is 19.6 Å². The number of nitrogens with zero attached hydrogens (tertiary/aromatic N) is 1. The molecule has 0 aromatic rings. The van der Waals surface area contributed by atoms with Gasteiger partial charge in [-0.1, -0.05) is 27.7 Å². The van der Waals surface area contributed by atoms with Crippen LogP contribution in [0.5, 0.6) is 0 Å². The number of hydrogen-bond donors (Lipinski definition) is 8. The number of ketones is 1. The maximum Gasteiger partial charge on any atom is 0.466 e. The molecule has 3 fully saturated rings. The molecule has 0 amide bonds. The van der Waals surface area contributed by atoms with Crippen molar-refractivity contribution in [3.05, 3.63) is 0 Å². The number of methoxy groups -OCH3 is 1. The lowest BCUT2D eigenvalue weighted by atomic mass is 9.74. The molecular formula is C37H70NO17P. The van der Waals surface area contributed by atoms with E-state index in [9.17, 15) is 35.1 Å². The first-order valence-corrected chi connectivity index (χ1v) is 20.8. The normalized spacial score (nSPS) is 46.4. The zero-order valence-electron chi connectivity index (χ0n) is 35.1. The molecule has 0 bridgehead atoms. The van der Waals surface area contributed by atoms with Crippen LogP contribution < -0.4 is 0 Å². The number of aliphatic hydroxyl groups excluding tert-OH is 3. The summed E-state index contributed by atoms with van der Waals surface area (Å²) in [5.74, 6) is -4.98.